The minimum atomic E-state index is 0.396. The van der Waals surface area contributed by atoms with Crippen LogP contribution in [0.5, 0.6) is 0 Å². The number of aryl methyl sites for hydroxylation is 1. The van der Waals surface area contributed by atoms with Gasteiger partial charge in [0.15, 0.2) is 5.65 Å². The standard InChI is InChI=1S/C18H22N4/c1-5-12(2)20-17-13(3)14(4)21-18-16(11-19-22(17)18)15-9-7-6-8-10-15/h6-12,20H,5H2,1-4H3/t12-/m1/s1. The van der Waals surface area contributed by atoms with Gasteiger partial charge in [-0.25, -0.2) is 4.98 Å². The molecule has 0 fully saturated rings. The average Bonchev–Trinajstić information content (AvgIpc) is 2.95. The van der Waals surface area contributed by atoms with Gasteiger partial charge in [-0.3, -0.25) is 0 Å². The fourth-order valence-electron chi connectivity index (χ4n) is 2.51. The number of nitrogens with zero attached hydrogens (tertiary/aromatic N) is 3. The molecule has 0 aliphatic carbocycles. The topological polar surface area (TPSA) is 42.2 Å². The zero-order valence-corrected chi connectivity index (χ0v) is 13.6. The SMILES string of the molecule is CC[C@@H](C)Nc1c(C)c(C)nc2c(-c3ccccc3)cnn12. The van der Waals surface area contributed by atoms with Crippen molar-refractivity contribution in [3.05, 3.63) is 47.8 Å². The molecule has 3 rings (SSSR count). The zero-order chi connectivity index (χ0) is 15.7. The third-order valence-corrected chi connectivity index (χ3v) is 4.21. The van der Waals surface area contributed by atoms with E-state index in [1.54, 1.807) is 0 Å². The summed E-state index contributed by atoms with van der Waals surface area (Å²) in [6, 6.07) is 10.7. The molecule has 2 aromatic heterocycles. The van der Waals surface area contributed by atoms with Crippen LogP contribution in [0.25, 0.3) is 16.8 Å². The van der Waals surface area contributed by atoms with Crippen LogP contribution in [-0.4, -0.2) is 20.6 Å². The predicted molar refractivity (Wildman–Crippen MR) is 91.3 cm³/mol. The number of rotatable bonds is 4. The lowest BCUT2D eigenvalue weighted by Gasteiger charge is -2.17. The van der Waals surface area contributed by atoms with Crippen LogP contribution < -0.4 is 5.32 Å². The fourth-order valence-corrected chi connectivity index (χ4v) is 2.51. The van der Waals surface area contributed by atoms with Gasteiger partial charge in [-0.2, -0.15) is 9.61 Å². The molecule has 0 amide bonds. The van der Waals surface area contributed by atoms with Crippen molar-refractivity contribution >= 4 is 11.5 Å². The van der Waals surface area contributed by atoms with E-state index in [1.165, 1.54) is 0 Å². The maximum atomic E-state index is 4.77. The molecule has 1 N–H and O–H groups in total. The van der Waals surface area contributed by atoms with Gasteiger partial charge in [0.2, 0.25) is 0 Å². The van der Waals surface area contributed by atoms with Crippen LogP contribution in [0.15, 0.2) is 36.5 Å². The largest absolute Gasteiger partial charge is 0.367 e. The molecule has 0 saturated carbocycles. The Bertz CT molecular complexity index is 790. The number of hydrogen-bond acceptors (Lipinski definition) is 3. The van der Waals surface area contributed by atoms with Crippen LogP contribution >= 0.6 is 0 Å². The van der Waals surface area contributed by atoms with Crippen LogP contribution in [0.3, 0.4) is 0 Å². The first kappa shape index (κ1) is 14.6. The number of anilines is 1. The van der Waals surface area contributed by atoms with Crippen LogP contribution in [-0.2, 0) is 0 Å². The minimum absolute atomic E-state index is 0.396. The second-order valence-corrected chi connectivity index (χ2v) is 5.78. The fraction of sp³-hybridized carbons (Fsp3) is 0.333. The predicted octanol–water partition coefficient (Wildman–Crippen LogP) is 4.22. The first-order valence-corrected chi connectivity index (χ1v) is 7.78. The van der Waals surface area contributed by atoms with Gasteiger partial charge < -0.3 is 5.32 Å². The van der Waals surface area contributed by atoms with E-state index < -0.39 is 0 Å². The molecule has 0 unspecified atom stereocenters. The summed E-state index contributed by atoms with van der Waals surface area (Å²) in [5, 5.41) is 8.14. The number of nitrogens with one attached hydrogen (secondary N) is 1. The summed E-state index contributed by atoms with van der Waals surface area (Å²) in [6.45, 7) is 8.51. The molecular weight excluding hydrogens is 272 g/mol. The number of hydrogen-bond donors (Lipinski definition) is 1. The van der Waals surface area contributed by atoms with Crippen molar-refractivity contribution in [2.24, 2.45) is 0 Å². The first-order chi connectivity index (χ1) is 10.6. The second kappa shape index (κ2) is 5.79. The first-order valence-electron chi connectivity index (χ1n) is 7.78. The Labute approximate surface area is 131 Å². The van der Waals surface area contributed by atoms with Crippen molar-refractivity contribution in [2.45, 2.75) is 40.2 Å². The molecule has 22 heavy (non-hydrogen) atoms. The highest BCUT2D eigenvalue weighted by Gasteiger charge is 2.15. The highest BCUT2D eigenvalue weighted by atomic mass is 15.3. The smallest absolute Gasteiger partial charge is 0.165 e. The van der Waals surface area contributed by atoms with Gasteiger partial charge in [0, 0.05) is 22.9 Å². The van der Waals surface area contributed by atoms with Crippen molar-refractivity contribution in [3.63, 3.8) is 0 Å². The molecule has 0 aliphatic rings. The molecule has 0 aliphatic heterocycles. The van der Waals surface area contributed by atoms with Crippen LogP contribution in [0.2, 0.25) is 0 Å². The third-order valence-electron chi connectivity index (χ3n) is 4.21. The van der Waals surface area contributed by atoms with Crippen molar-refractivity contribution in [1.82, 2.24) is 14.6 Å². The molecule has 0 saturated heterocycles. The van der Waals surface area contributed by atoms with Gasteiger partial charge >= 0.3 is 0 Å². The number of aromatic nitrogens is 3. The van der Waals surface area contributed by atoms with Crippen molar-refractivity contribution < 1.29 is 0 Å². The Kier molecular flexibility index (Phi) is 3.84. The molecule has 0 spiro atoms. The zero-order valence-electron chi connectivity index (χ0n) is 13.6. The lowest BCUT2D eigenvalue weighted by atomic mass is 10.1. The Hall–Kier alpha value is -2.36. The van der Waals surface area contributed by atoms with Gasteiger partial charge in [0.25, 0.3) is 0 Å². The normalized spacial score (nSPS) is 12.5. The summed E-state index contributed by atoms with van der Waals surface area (Å²) in [5.74, 6) is 1.04. The lowest BCUT2D eigenvalue weighted by molar-refractivity contribution is 0.745. The van der Waals surface area contributed by atoms with Gasteiger partial charge in [0.1, 0.15) is 5.82 Å². The third kappa shape index (κ3) is 2.45. The average molecular weight is 294 g/mol. The van der Waals surface area contributed by atoms with Crippen LogP contribution in [0.1, 0.15) is 31.5 Å². The van der Waals surface area contributed by atoms with Gasteiger partial charge in [0.05, 0.1) is 6.20 Å². The van der Waals surface area contributed by atoms with Gasteiger partial charge in [-0.05, 0) is 32.8 Å². The molecule has 1 atom stereocenters. The second-order valence-electron chi connectivity index (χ2n) is 5.78. The van der Waals surface area contributed by atoms with Crippen LogP contribution in [0.4, 0.5) is 5.82 Å². The molecule has 114 valence electrons. The molecular formula is C18H22N4. The molecule has 0 bridgehead atoms. The van der Waals surface area contributed by atoms with E-state index in [-0.39, 0.29) is 0 Å². The minimum Gasteiger partial charge on any atom is -0.367 e. The summed E-state index contributed by atoms with van der Waals surface area (Å²) in [7, 11) is 0. The Morgan fingerprint density at radius 3 is 2.59 bits per heavy atom. The summed E-state index contributed by atoms with van der Waals surface area (Å²) < 4.78 is 1.93. The van der Waals surface area contributed by atoms with E-state index in [1.807, 2.05) is 28.9 Å². The van der Waals surface area contributed by atoms with Crippen molar-refractivity contribution in [3.8, 4) is 11.1 Å². The molecule has 2 heterocycles. The van der Waals surface area contributed by atoms with Crippen molar-refractivity contribution in [2.75, 3.05) is 5.32 Å². The molecule has 4 nitrogen and oxygen atoms in total. The van der Waals surface area contributed by atoms with Crippen molar-refractivity contribution in [1.29, 1.82) is 0 Å². The van der Waals surface area contributed by atoms with E-state index in [0.717, 1.165) is 40.3 Å². The van der Waals surface area contributed by atoms with E-state index in [9.17, 15) is 0 Å². The highest BCUT2D eigenvalue weighted by Crippen LogP contribution is 2.28. The van der Waals surface area contributed by atoms with Gasteiger partial charge in [-0.15, -0.1) is 0 Å². The maximum absolute atomic E-state index is 4.77. The molecule has 1 aromatic carbocycles. The quantitative estimate of drug-likeness (QED) is 0.783. The number of fused-ring (bicyclic) bond motifs is 1. The summed E-state index contributed by atoms with van der Waals surface area (Å²) in [6.07, 6.45) is 2.97. The maximum Gasteiger partial charge on any atom is 0.165 e. The lowest BCUT2D eigenvalue weighted by Crippen LogP contribution is -2.18. The van der Waals surface area contributed by atoms with E-state index in [2.05, 4.69) is 50.2 Å². The summed E-state index contributed by atoms with van der Waals surface area (Å²) >= 11 is 0. The highest BCUT2D eigenvalue weighted by molar-refractivity contribution is 5.78. The van der Waals surface area contributed by atoms with Crippen LogP contribution in [0, 0.1) is 13.8 Å². The molecule has 3 aromatic rings. The molecule has 0 radical (unpaired) electrons. The van der Waals surface area contributed by atoms with E-state index >= 15 is 0 Å². The Morgan fingerprint density at radius 1 is 1.18 bits per heavy atom. The summed E-state index contributed by atoms with van der Waals surface area (Å²) in [4.78, 5) is 4.77. The van der Waals surface area contributed by atoms with E-state index in [4.69, 9.17) is 4.98 Å². The summed E-state index contributed by atoms with van der Waals surface area (Å²) in [5.41, 5.74) is 5.30. The van der Waals surface area contributed by atoms with E-state index in [0.29, 0.717) is 6.04 Å². The Balaban J connectivity index is 2.20. The molecule has 4 heteroatoms. The monoisotopic (exact) mass is 294 g/mol. The Morgan fingerprint density at radius 2 is 1.91 bits per heavy atom. The van der Waals surface area contributed by atoms with Gasteiger partial charge in [-0.1, -0.05) is 37.3 Å². The number of benzene rings is 1.